The van der Waals surface area contributed by atoms with Gasteiger partial charge in [-0.1, -0.05) is 35.9 Å². The van der Waals surface area contributed by atoms with Gasteiger partial charge in [-0.25, -0.2) is 4.39 Å². The lowest BCUT2D eigenvalue weighted by Gasteiger charge is -2.24. The summed E-state index contributed by atoms with van der Waals surface area (Å²) in [7, 11) is 0. The third-order valence-corrected chi connectivity index (χ3v) is 5.61. The van der Waals surface area contributed by atoms with Crippen molar-refractivity contribution in [1.82, 2.24) is 10.6 Å². The minimum absolute atomic E-state index is 0.0618. The fourth-order valence-electron chi connectivity index (χ4n) is 3.72. The van der Waals surface area contributed by atoms with Crippen LogP contribution in [0.4, 0.5) is 4.39 Å². The first-order valence-electron chi connectivity index (χ1n) is 8.62. The highest BCUT2D eigenvalue weighted by molar-refractivity contribution is 6.30. The van der Waals surface area contributed by atoms with Crippen LogP contribution in [0, 0.1) is 11.7 Å². The van der Waals surface area contributed by atoms with E-state index in [1.165, 1.54) is 12.1 Å². The van der Waals surface area contributed by atoms with E-state index >= 15 is 0 Å². The summed E-state index contributed by atoms with van der Waals surface area (Å²) >= 11 is 5.97. The predicted molar refractivity (Wildman–Crippen MR) is 96.0 cm³/mol. The van der Waals surface area contributed by atoms with Gasteiger partial charge in [-0.15, -0.1) is 0 Å². The smallest absolute Gasteiger partial charge is 0.225 e. The normalized spacial score (nSPS) is 24.1. The largest absolute Gasteiger partial charge is 0.346 e. The van der Waals surface area contributed by atoms with E-state index in [9.17, 15) is 9.18 Å². The Morgan fingerprint density at radius 3 is 2.40 bits per heavy atom. The molecule has 2 atom stereocenters. The maximum atomic E-state index is 13.2. The van der Waals surface area contributed by atoms with Crippen molar-refractivity contribution in [2.24, 2.45) is 5.92 Å². The molecular weight excluding hydrogens is 339 g/mol. The first-order chi connectivity index (χ1) is 12.1. The Bertz CT molecular complexity index is 771. The van der Waals surface area contributed by atoms with Crippen molar-refractivity contribution in [1.29, 1.82) is 0 Å². The van der Waals surface area contributed by atoms with Crippen LogP contribution in [-0.2, 0) is 10.3 Å². The molecule has 0 spiro atoms. The average Bonchev–Trinajstić information content (AvgIpc) is 3.21. The molecule has 1 aliphatic carbocycles. The average molecular weight is 359 g/mol. The Hall–Kier alpha value is -1.91. The van der Waals surface area contributed by atoms with Crippen LogP contribution in [0.5, 0.6) is 0 Å². The van der Waals surface area contributed by atoms with Crippen LogP contribution in [0.3, 0.4) is 0 Å². The van der Waals surface area contributed by atoms with E-state index in [4.69, 9.17) is 11.6 Å². The van der Waals surface area contributed by atoms with E-state index in [1.54, 1.807) is 12.1 Å². The number of halogens is 2. The molecular formula is C20H20ClFN2O. The molecule has 2 aliphatic rings. The summed E-state index contributed by atoms with van der Waals surface area (Å²) in [5.41, 5.74) is 1.79. The van der Waals surface area contributed by atoms with E-state index in [-0.39, 0.29) is 29.1 Å². The number of hydrogen-bond donors (Lipinski definition) is 2. The van der Waals surface area contributed by atoms with Crippen LogP contribution < -0.4 is 10.6 Å². The molecule has 1 saturated carbocycles. The molecule has 4 rings (SSSR count). The molecule has 3 nitrogen and oxygen atoms in total. The maximum Gasteiger partial charge on any atom is 0.225 e. The minimum atomic E-state index is -0.322. The number of carbonyl (C=O) groups excluding carboxylic acids is 1. The third-order valence-electron chi connectivity index (χ3n) is 5.36. The number of benzene rings is 2. The molecule has 2 fully saturated rings. The molecule has 2 aromatic rings. The molecule has 0 radical (unpaired) electrons. The molecule has 2 N–H and O–H groups in total. The summed E-state index contributed by atoms with van der Waals surface area (Å²) in [5.74, 6) is -0.166. The first-order valence-corrected chi connectivity index (χ1v) is 8.99. The SMILES string of the molecule is O=C(NC1(c2ccc(F)cc2)CC1)C1CNC[C@H]1c1ccc(Cl)cc1. The van der Waals surface area contributed by atoms with Crippen LogP contribution >= 0.6 is 11.6 Å². The van der Waals surface area contributed by atoms with E-state index in [2.05, 4.69) is 10.6 Å². The third kappa shape index (κ3) is 3.29. The second-order valence-electron chi connectivity index (χ2n) is 7.00. The Morgan fingerprint density at radius 2 is 1.76 bits per heavy atom. The van der Waals surface area contributed by atoms with E-state index in [1.807, 2.05) is 24.3 Å². The van der Waals surface area contributed by atoms with E-state index < -0.39 is 0 Å². The number of rotatable bonds is 4. The minimum Gasteiger partial charge on any atom is -0.346 e. The summed E-state index contributed by atoms with van der Waals surface area (Å²) in [5, 5.41) is 7.25. The Kier molecular flexibility index (Phi) is 4.26. The highest BCUT2D eigenvalue weighted by Gasteiger charge is 2.47. The lowest BCUT2D eigenvalue weighted by atomic mass is 9.88. The van der Waals surface area contributed by atoms with Crippen molar-refractivity contribution in [2.45, 2.75) is 24.3 Å². The van der Waals surface area contributed by atoms with E-state index in [0.29, 0.717) is 11.6 Å². The van der Waals surface area contributed by atoms with Crippen molar-refractivity contribution >= 4 is 17.5 Å². The zero-order chi connectivity index (χ0) is 17.4. The summed E-state index contributed by atoms with van der Waals surface area (Å²) in [6.45, 7) is 1.45. The first kappa shape index (κ1) is 16.6. The lowest BCUT2D eigenvalue weighted by molar-refractivity contribution is -0.125. The zero-order valence-corrected chi connectivity index (χ0v) is 14.5. The van der Waals surface area contributed by atoms with Gasteiger partial charge in [0.15, 0.2) is 0 Å². The van der Waals surface area contributed by atoms with Crippen LogP contribution in [0.15, 0.2) is 48.5 Å². The van der Waals surface area contributed by atoms with Gasteiger partial charge in [0.25, 0.3) is 0 Å². The quantitative estimate of drug-likeness (QED) is 0.877. The van der Waals surface area contributed by atoms with Crippen molar-refractivity contribution in [3.63, 3.8) is 0 Å². The van der Waals surface area contributed by atoms with Crippen LogP contribution in [0.25, 0.3) is 0 Å². The molecule has 0 aromatic heterocycles. The van der Waals surface area contributed by atoms with Gasteiger partial charge in [-0.05, 0) is 48.2 Å². The van der Waals surface area contributed by atoms with Gasteiger partial charge in [-0.3, -0.25) is 4.79 Å². The van der Waals surface area contributed by atoms with Crippen molar-refractivity contribution in [3.8, 4) is 0 Å². The van der Waals surface area contributed by atoms with Gasteiger partial charge in [0.2, 0.25) is 5.91 Å². The lowest BCUT2D eigenvalue weighted by Crippen LogP contribution is -2.41. The number of nitrogens with one attached hydrogen (secondary N) is 2. The summed E-state index contributed by atoms with van der Waals surface area (Å²) < 4.78 is 13.2. The van der Waals surface area contributed by atoms with Crippen LogP contribution in [-0.4, -0.2) is 19.0 Å². The maximum absolute atomic E-state index is 13.2. The molecule has 25 heavy (non-hydrogen) atoms. The highest BCUT2D eigenvalue weighted by atomic mass is 35.5. The summed E-state index contributed by atoms with van der Waals surface area (Å²) in [6.07, 6.45) is 1.80. The molecule has 1 unspecified atom stereocenters. The van der Waals surface area contributed by atoms with Gasteiger partial charge in [-0.2, -0.15) is 0 Å². The van der Waals surface area contributed by atoms with Crippen LogP contribution in [0.2, 0.25) is 5.02 Å². The molecule has 5 heteroatoms. The van der Waals surface area contributed by atoms with Gasteiger partial charge in [0, 0.05) is 24.0 Å². The molecule has 130 valence electrons. The summed E-state index contributed by atoms with van der Waals surface area (Å²) in [6, 6.07) is 14.2. The second kappa shape index (κ2) is 6.43. The Morgan fingerprint density at radius 1 is 1.08 bits per heavy atom. The number of carbonyl (C=O) groups is 1. The predicted octanol–water partition coefficient (Wildman–Crippen LogP) is 3.59. The Labute approximate surface area is 151 Å². The van der Waals surface area contributed by atoms with Crippen molar-refractivity contribution < 1.29 is 9.18 Å². The van der Waals surface area contributed by atoms with E-state index in [0.717, 1.165) is 30.5 Å². The summed E-state index contributed by atoms with van der Waals surface area (Å²) in [4.78, 5) is 12.9. The van der Waals surface area contributed by atoms with Gasteiger partial charge >= 0.3 is 0 Å². The number of amides is 1. The topological polar surface area (TPSA) is 41.1 Å². The second-order valence-corrected chi connectivity index (χ2v) is 7.44. The highest BCUT2D eigenvalue weighted by Crippen LogP contribution is 2.46. The molecule has 0 bridgehead atoms. The molecule has 1 heterocycles. The Balaban J connectivity index is 1.50. The molecule has 1 amide bonds. The van der Waals surface area contributed by atoms with Gasteiger partial charge in [0.1, 0.15) is 5.82 Å². The molecule has 1 aliphatic heterocycles. The van der Waals surface area contributed by atoms with Crippen molar-refractivity contribution in [2.75, 3.05) is 13.1 Å². The fourth-order valence-corrected chi connectivity index (χ4v) is 3.85. The monoisotopic (exact) mass is 358 g/mol. The standard InChI is InChI=1S/C20H20ClFN2O/c21-15-5-1-13(2-6-15)17-11-23-12-18(17)19(25)24-20(9-10-20)14-3-7-16(22)8-4-14/h1-8,17-18,23H,9-12H2,(H,24,25)/t17-,18?/m0/s1. The van der Waals surface area contributed by atoms with Crippen LogP contribution in [0.1, 0.15) is 29.9 Å². The fraction of sp³-hybridized carbons (Fsp3) is 0.350. The number of hydrogen-bond acceptors (Lipinski definition) is 2. The molecule has 2 aromatic carbocycles. The van der Waals surface area contributed by atoms with Gasteiger partial charge in [0.05, 0.1) is 11.5 Å². The van der Waals surface area contributed by atoms with Gasteiger partial charge < -0.3 is 10.6 Å². The molecule has 1 saturated heterocycles. The zero-order valence-electron chi connectivity index (χ0n) is 13.8. The van der Waals surface area contributed by atoms with Crippen molar-refractivity contribution in [3.05, 3.63) is 70.5 Å².